The minimum Gasteiger partial charge on any atom is -0.492 e. The van der Waals surface area contributed by atoms with Crippen LogP contribution in [-0.2, 0) is 11.3 Å². The van der Waals surface area contributed by atoms with E-state index in [1.165, 1.54) is 25.7 Å². The van der Waals surface area contributed by atoms with Gasteiger partial charge in [-0.25, -0.2) is 0 Å². The molecule has 2 aromatic carbocycles. The molecule has 5 rings (SSSR count). The second-order valence-electron chi connectivity index (χ2n) is 11.1. The van der Waals surface area contributed by atoms with Gasteiger partial charge >= 0.3 is 0 Å². The fourth-order valence-corrected chi connectivity index (χ4v) is 5.86. The summed E-state index contributed by atoms with van der Waals surface area (Å²) in [5.74, 6) is 1.34. The zero-order valence-corrected chi connectivity index (χ0v) is 23.0. The van der Waals surface area contributed by atoms with E-state index < -0.39 is 0 Å². The Labute approximate surface area is 227 Å². The maximum Gasteiger partial charge on any atom is 0.254 e. The number of rotatable bonds is 5. The number of carbonyl (C=O) groups is 2. The molecule has 0 bridgehead atoms. The summed E-state index contributed by atoms with van der Waals surface area (Å²) in [5.41, 5.74) is 3.77. The predicted octanol–water partition coefficient (Wildman–Crippen LogP) is 6.43. The molecule has 0 spiro atoms. The lowest BCUT2D eigenvalue weighted by molar-refractivity contribution is -0.119. The molecule has 6 heteroatoms. The molecular weight excluding hydrogens is 474 g/mol. The Morgan fingerprint density at radius 3 is 2.24 bits per heavy atom. The Morgan fingerprint density at radius 2 is 1.50 bits per heavy atom. The Balaban J connectivity index is 1.45. The zero-order valence-electron chi connectivity index (χ0n) is 23.0. The molecular formula is C32H43N3O3. The Bertz CT molecular complexity index is 1110. The predicted molar refractivity (Wildman–Crippen MR) is 153 cm³/mol. The number of carbonyl (C=O) groups excluding carboxylic acids is 2. The number of ether oxygens (including phenoxy) is 1. The van der Waals surface area contributed by atoms with E-state index in [1.807, 2.05) is 47.1 Å². The number of para-hydroxylation sites is 1. The maximum absolute atomic E-state index is 14.1. The smallest absolute Gasteiger partial charge is 0.254 e. The van der Waals surface area contributed by atoms with Gasteiger partial charge in [0.25, 0.3) is 5.91 Å². The summed E-state index contributed by atoms with van der Waals surface area (Å²) < 4.78 is 5.94. The standard InChI is InChI=1S/C32H43N3O3/c1-2-38-30-18-17-26(23-29(30)33-19-11-12-20-33)31(36)34-21-9-5-3-4-6-10-22-35(32(37)25-15-16-25)28-14-8-7-13-27(28)24-34/h7-8,13-14,17-18,23,25H,2-6,9-12,15-16,19-22,24H2,1H3. The highest BCUT2D eigenvalue weighted by atomic mass is 16.5. The number of fused-ring (bicyclic) bond motifs is 1. The molecule has 2 aliphatic heterocycles. The number of amides is 2. The van der Waals surface area contributed by atoms with Gasteiger partial charge in [-0.05, 0) is 75.3 Å². The highest BCUT2D eigenvalue weighted by Crippen LogP contribution is 2.35. The van der Waals surface area contributed by atoms with E-state index in [0.29, 0.717) is 18.7 Å². The first-order valence-electron chi connectivity index (χ1n) is 14.9. The lowest BCUT2D eigenvalue weighted by atomic mass is 10.1. The summed E-state index contributed by atoms with van der Waals surface area (Å²) in [7, 11) is 0. The van der Waals surface area contributed by atoms with Gasteiger partial charge in [0.2, 0.25) is 5.91 Å². The number of benzene rings is 2. The second kappa shape index (κ2) is 12.7. The number of nitrogens with zero attached hydrogens (tertiary/aromatic N) is 3. The fourth-order valence-electron chi connectivity index (χ4n) is 5.86. The van der Waals surface area contributed by atoms with Crippen LogP contribution >= 0.6 is 0 Å². The van der Waals surface area contributed by atoms with Crippen LogP contribution < -0.4 is 14.5 Å². The zero-order chi connectivity index (χ0) is 26.3. The van der Waals surface area contributed by atoms with Crippen LogP contribution in [0, 0.1) is 5.92 Å². The van der Waals surface area contributed by atoms with Gasteiger partial charge in [-0.3, -0.25) is 9.59 Å². The van der Waals surface area contributed by atoms with E-state index >= 15 is 0 Å². The van der Waals surface area contributed by atoms with Crippen LogP contribution in [0.4, 0.5) is 11.4 Å². The van der Waals surface area contributed by atoms with E-state index in [-0.39, 0.29) is 17.7 Å². The normalized spacial score (nSPS) is 19.2. The van der Waals surface area contributed by atoms with Crippen LogP contribution in [0.25, 0.3) is 0 Å². The Hall–Kier alpha value is -3.02. The SMILES string of the molecule is CCOc1ccc(C(=O)N2CCCCCCCCN(C(=O)C3CC3)c3ccccc3C2)cc1N1CCCC1. The molecule has 2 fully saturated rings. The van der Waals surface area contributed by atoms with Crippen LogP contribution in [0.3, 0.4) is 0 Å². The summed E-state index contributed by atoms with van der Waals surface area (Å²) in [6, 6.07) is 14.1. The molecule has 204 valence electrons. The van der Waals surface area contributed by atoms with Crippen molar-refractivity contribution in [2.75, 3.05) is 42.6 Å². The molecule has 0 atom stereocenters. The van der Waals surface area contributed by atoms with Gasteiger partial charge in [0.15, 0.2) is 0 Å². The minimum atomic E-state index is 0.0539. The van der Waals surface area contributed by atoms with Crippen molar-refractivity contribution in [3.63, 3.8) is 0 Å². The van der Waals surface area contributed by atoms with Gasteiger partial charge in [0.1, 0.15) is 5.75 Å². The van der Waals surface area contributed by atoms with Crippen molar-refractivity contribution in [1.82, 2.24) is 4.90 Å². The van der Waals surface area contributed by atoms with Crippen LogP contribution in [0.1, 0.15) is 87.1 Å². The molecule has 0 N–H and O–H groups in total. The van der Waals surface area contributed by atoms with Crippen molar-refractivity contribution in [1.29, 1.82) is 0 Å². The summed E-state index contributed by atoms with van der Waals surface area (Å²) in [6.45, 7) is 6.59. The number of hydrogen-bond donors (Lipinski definition) is 0. The highest BCUT2D eigenvalue weighted by Gasteiger charge is 2.34. The monoisotopic (exact) mass is 517 g/mol. The molecule has 0 unspecified atom stereocenters. The molecule has 0 radical (unpaired) electrons. The summed E-state index contributed by atoms with van der Waals surface area (Å²) in [4.78, 5) is 33.7. The van der Waals surface area contributed by atoms with E-state index in [2.05, 4.69) is 17.0 Å². The Morgan fingerprint density at radius 1 is 0.816 bits per heavy atom. The molecule has 0 aromatic heterocycles. The molecule has 1 aliphatic carbocycles. The summed E-state index contributed by atoms with van der Waals surface area (Å²) in [6.07, 6.45) is 11.0. The fraction of sp³-hybridized carbons (Fsp3) is 0.562. The molecule has 2 amide bonds. The quantitative estimate of drug-likeness (QED) is 0.459. The van der Waals surface area contributed by atoms with Crippen LogP contribution in [-0.4, -0.2) is 49.5 Å². The van der Waals surface area contributed by atoms with Gasteiger partial charge in [-0.15, -0.1) is 0 Å². The van der Waals surface area contributed by atoms with E-state index in [0.717, 1.165) is 87.4 Å². The van der Waals surface area contributed by atoms with Gasteiger partial charge in [-0.2, -0.15) is 0 Å². The third kappa shape index (κ3) is 6.33. The molecule has 1 saturated carbocycles. The minimum absolute atomic E-state index is 0.0539. The van der Waals surface area contributed by atoms with Crippen molar-refractivity contribution >= 4 is 23.2 Å². The summed E-state index contributed by atoms with van der Waals surface area (Å²) >= 11 is 0. The molecule has 2 aromatic rings. The van der Waals surface area contributed by atoms with Gasteiger partial charge in [0, 0.05) is 49.9 Å². The molecule has 38 heavy (non-hydrogen) atoms. The van der Waals surface area contributed by atoms with Crippen molar-refractivity contribution in [2.24, 2.45) is 5.92 Å². The van der Waals surface area contributed by atoms with Crippen molar-refractivity contribution < 1.29 is 14.3 Å². The topological polar surface area (TPSA) is 53.1 Å². The van der Waals surface area contributed by atoms with Gasteiger partial charge in [-0.1, -0.05) is 43.9 Å². The largest absolute Gasteiger partial charge is 0.492 e. The van der Waals surface area contributed by atoms with E-state index in [1.54, 1.807) is 0 Å². The average molecular weight is 518 g/mol. The van der Waals surface area contributed by atoms with E-state index in [4.69, 9.17) is 4.74 Å². The maximum atomic E-state index is 14.1. The molecule has 6 nitrogen and oxygen atoms in total. The average Bonchev–Trinajstić information content (AvgIpc) is 3.64. The second-order valence-corrected chi connectivity index (χ2v) is 11.1. The molecule has 2 heterocycles. The van der Waals surface area contributed by atoms with Crippen LogP contribution in [0.2, 0.25) is 0 Å². The van der Waals surface area contributed by atoms with Crippen molar-refractivity contribution in [3.05, 3.63) is 53.6 Å². The third-order valence-electron chi connectivity index (χ3n) is 8.14. The van der Waals surface area contributed by atoms with Crippen LogP contribution in [0.5, 0.6) is 5.75 Å². The highest BCUT2D eigenvalue weighted by molar-refractivity contribution is 5.98. The van der Waals surface area contributed by atoms with Crippen molar-refractivity contribution in [3.8, 4) is 5.75 Å². The summed E-state index contributed by atoms with van der Waals surface area (Å²) in [5, 5.41) is 0. The lowest BCUT2D eigenvalue weighted by Gasteiger charge is -2.29. The van der Waals surface area contributed by atoms with Gasteiger partial charge in [0.05, 0.1) is 12.3 Å². The third-order valence-corrected chi connectivity index (χ3v) is 8.14. The van der Waals surface area contributed by atoms with Gasteiger partial charge < -0.3 is 19.4 Å². The molecule has 1 saturated heterocycles. The first-order valence-corrected chi connectivity index (χ1v) is 14.9. The van der Waals surface area contributed by atoms with Crippen molar-refractivity contribution in [2.45, 2.75) is 77.7 Å². The van der Waals surface area contributed by atoms with Crippen LogP contribution in [0.15, 0.2) is 42.5 Å². The first-order chi connectivity index (χ1) is 18.7. The number of anilines is 2. The molecule has 3 aliphatic rings. The van der Waals surface area contributed by atoms with E-state index in [9.17, 15) is 9.59 Å². The lowest BCUT2D eigenvalue weighted by Crippen LogP contribution is -2.36. The Kier molecular flexibility index (Phi) is 8.87. The first kappa shape index (κ1) is 26.6. The number of hydrogen-bond acceptors (Lipinski definition) is 4.